The molecule has 0 radical (unpaired) electrons. The van der Waals surface area contributed by atoms with Crippen LogP contribution in [0.3, 0.4) is 0 Å². The van der Waals surface area contributed by atoms with Gasteiger partial charge in [-0.2, -0.15) is 0 Å². The molecule has 1 aromatic rings. The monoisotopic (exact) mass is 489 g/mol. The smallest absolute Gasteiger partial charge is 0.306 e. The van der Waals surface area contributed by atoms with Crippen molar-refractivity contribution in [2.24, 2.45) is 23.2 Å². The lowest BCUT2D eigenvalue weighted by Gasteiger charge is -2.35. The second-order valence-corrected chi connectivity index (χ2v) is 11.8. The van der Waals surface area contributed by atoms with E-state index in [-0.39, 0.29) is 36.1 Å². The topological polar surface area (TPSA) is 76.5 Å². The molecule has 2 rings (SSSR count). The molecule has 1 N–H and O–H groups in total. The van der Waals surface area contributed by atoms with Crippen molar-refractivity contribution in [1.82, 2.24) is 4.98 Å². The number of hydrogen-bond donors (Lipinski definition) is 1. The van der Waals surface area contributed by atoms with Crippen molar-refractivity contribution in [1.29, 1.82) is 0 Å². The molecule has 1 aliphatic heterocycles. The van der Waals surface area contributed by atoms with E-state index in [0.29, 0.717) is 6.42 Å². The summed E-state index contributed by atoms with van der Waals surface area (Å²) in [7, 11) is 0. The molecule has 0 saturated heterocycles. The van der Waals surface area contributed by atoms with E-state index in [0.717, 1.165) is 35.5 Å². The van der Waals surface area contributed by atoms with Gasteiger partial charge < -0.3 is 9.84 Å². The van der Waals surface area contributed by atoms with Crippen LogP contribution in [0.2, 0.25) is 0 Å². The molecule has 1 aromatic heterocycles. The van der Waals surface area contributed by atoms with Crippen LogP contribution in [0.15, 0.2) is 22.6 Å². The second-order valence-electron chi connectivity index (χ2n) is 10.8. The van der Waals surface area contributed by atoms with Crippen LogP contribution in [-0.2, 0) is 14.3 Å². The first-order valence-electron chi connectivity index (χ1n) is 12.5. The molecule has 0 fully saturated rings. The standard InChI is InChI=1S/C28H43NO4S/c1-17-10-9-11-18(2)26(31)21(5)27(32)28(7,8)20(4)15-25(30)33-24(13-12-17)19(3)14-23-16-34-22(6)29-23/h12,14,16,18,20-21,24,26,31H,9-11,13,15H2,1-8H3/b17-12-,19-14+/t18-,20-,21+,24-,26-/m0/s1. The number of Topliss-reactive ketones (excluding diaryl/α,β-unsaturated/α-hetero) is 1. The van der Waals surface area contributed by atoms with Crippen LogP contribution >= 0.6 is 11.3 Å². The Labute approximate surface area is 209 Å². The quantitative estimate of drug-likeness (QED) is 0.377. The zero-order valence-corrected chi connectivity index (χ0v) is 23.0. The maximum atomic E-state index is 13.3. The number of ketones is 1. The summed E-state index contributed by atoms with van der Waals surface area (Å²) >= 11 is 1.60. The number of rotatable bonds is 2. The molecular weight excluding hydrogens is 446 g/mol. The predicted octanol–water partition coefficient (Wildman–Crippen LogP) is 6.54. The molecular formula is C28H43NO4S. The molecule has 5 nitrogen and oxygen atoms in total. The molecule has 34 heavy (non-hydrogen) atoms. The third kappa shape index (κ3) is 7.61. The number of esters is 1. The Bertz CT molecular complexity index is 913. The average molecular weight is 490 g/mol. The number of nitrogens with zero attached hydrogens (tertiary/aromatic N) is 1. The zero-order chi connectivity index (χ0) is 25.6. The summed E-state index contributed by atoms with van der Waals surface area (Å²) in [6.45, 7) is 15.6. The number of aromatic nitrogens is 1. The first-order valence-corrected chi connectivity index (χ1v) is 13.4. The number of carbonyl (C=O) groups is 2. The van der Waals surface area contributed by atoms with E-state index < -0.39 is 17.4 Å². The van der Waals surface area contributed by atoms with E-state index in [9.17, 15) is 14.7 Å². The number of aliphatic hydroxyl groups is 1. The normalized spacial score (nSPS) is 32.1. The Kier molecular flexibility index (Phi) is 10.3. The minimum Gasteiger partial charge on any atom is -0.457 e. The number of ether oxygens (including phenoxy) is 1. The summed E-state index contributed by atoms with van der Waals surface area (Å²) < 4.78 is 5.97. The lowest BCUT2D eigenvalue weighted by molar-refractivity contribution is -0.150. The maximum absolute atomic E-state index is 13.3. The zero-order valence-electron chi connectivity index (χ0n) is 22.2. The molecule has 5 atom stereocenters. The summed E-state index contributed by atoms with van der Waals surface area (Å²) in [6, 6.07) is 0. The average Bonchev–Trinajstić information content (AvgIpc) is 3.18. The summed E-state index contributed by atoms with van der Waals surface area (Å²) in [5.74, 6) is -0.960. The molecule has 1 aliphatic rings. The van der Waals surface area contributed by atoms with Crippen molar-refractivity contribution in [3.05, 3.63) is 33.3 Å². The molecule has 0 aliphatic carbocycles. The number of thiazole rings is 1. The molecule has 2 heterocycles. The third-order valence-corrected chi connectivity index (χ3v) is 8.35. The summed E-state index contributed by atoms with van der Waals surface area (Å²) in [5, 5.41) is 13.8. The van der Waals surface area contributed by atoms with Gasteiger partial charge in [-0.05, 0) is 63.5 Å². The van der Waals surface area contributed by atoms with Gasteiger partial charge in [0.15, 0.2) is 0 Å². The van der Waals surface area contributed by atoms with Gasteiger partial charge in [0.1, 0.15) is 11.9 Å². The Morgan fingerprint density at radius 1 is 1.24 bits per heavy atom. The maximum Gasteiger partial charge on any atom is 0.306 e. The molecule has 6 heteroatoms. The lowest BCUT2D eigenvalue weighted by atomic mass is 9.69. The van der Waals surface area contributed by atoms with E-state index in [1.165, 1.54) is 5.57 Å². The number of aryl methyl sites for hydroxylation is 1. The highest BCUT2D eigenvalue weighted by Crippen LogP contribution is 2.36. The number of aliphatic hydroxyl groups excluding tert-OH is 1. The minimum atomic E-state index is -0.745. The van der Waals surface area contributed by atoms with Crippen molar-refractivity contribution in [2.75, 3.05) is 0 Å². The summed E-state index contributed by atoms with van der Waals surface area (Å²) in [5.41, 5.74) is 2.33. The molecule has 0 unspecified atom stereocenters. The molecule has 0 aromatic carbocycles. The first kappa shape index (κ1) is 28.4. The van der Waals surface area contributed by atoms with Gasteiger partial charge in [0.05, 0.1) is 16.8 Å². The van der Waals surface area contributed by atoms with E-state index >= 15 is 0 Å². The molecule has 0 spiro atoms. The van der Waals surface area contributed by atoms with Crippen LogP contribution in [0.1, 0.15) is 91.3 Å². The van der Waals surface area contributed by atoms with Gasteiger partial charge >= 0.3 is 5.97 Å². The van der Waals surface area contributed by atoms with Crippen molar-refractivity contribution >= 4 is 29.2 Å². The Morgan fingerprint density at radius 2 is 1.91 bits per heavy atom. The van der Waals surface area contributed by atoms with Gasteiger partial charge in [0.25, 0.3) is 0 Å². The summed E-state index contributed by atoms with van der Waals surface area (Å²) in [6.07, 6.45) is 6.57. The Morgan fingerprint density at radius 3 is 2.53 bits per heavy atom. The van der Waals surface area contributed by atoms with Crippen LogP contribution in [0.4, 0.5) is 0 Å². The van der Waals surface area contributed by atoms with Crippen LogP contribution < -0.4 is 0 Å². The Hall–Kier alpha value is -1.79. The van der Waals surface area contributed by atoms with E-state index in [1.807, 2.05) is 59.9 Å². The van der Waals surface area contributed by atoms with Gasteiger partial charge in [-0.3, -0.25) is 9.59 Å². The highest BCUT2D eigenvalue weighted by Gasteiger charge is 2.41. The fraction of sp³-hybridized carbons (Fsp3) is 0.679. The van der Waals surface area contributed by atoms with Crippen molar-refractivity contribution in [3.8, 4) is 0 Å². The van der Waals surface area contributed by atoms with Gasteiger partial charge in [-0.15, -0.1) is 11.3 Å². The van der Waals surface area contributed by atoms with Crippen LogP contribution in [0.5, 0.6) is 0 Å². The van der Waals surface area contributed by atoms with Crippen molar-refractivity contribution in [3.63, 3.8) is 0 Å². The minimum absolute atomic E-state index is 0.00171. The predicted molar refractivity (Wildman–Crippen MR) is 140 cm³/mol. The number of cyclic esters (lactones) is 1. The van der Waals surface area contributed by atoms with Crippen LogP contribution in [0, 0.1) is 30.1 Å². The summed E-state index contributed by atoms with van der Waals surface area (Å²) in [4.78, 5) is 30.8. The number of carbonyl (C=O) groups excluding carboxylic acids is 2. The largest absolute Gasteiger partial charge is 0.457 e. The third-order valence-electron chi connectivity index (χ3n) is 7.55. The first-order chi connectivity index (χ1) is 15.8. The molecule has 0 saturated carbocycles. The Balaban J connectivity index is 2.33. The fourth-order valence-corrected chi connectivity index (χ4v) is 5.14. The lowest BCUT2D eigenvalue weighted by Crippen LogP contribution is -2.42. The van der Waals surface area contributed by atoms with Gasteiger partial charge in [-0.1, -0.05) is 46.3 Å². The van der Waals surface area contributed by atoms with Crippen LogP contribution in [0.25, 0.3) is 6.08 Å². The highest BCUT2D eigenvalue weighted by atomic mass is 32.1. The van der Waals surface area contributed by atoms with Crippen molar-refractivity contribution < 1.29 is 19.4 Å². The number of allylic oxidation sites excluding steroid dienone is 1. The van der Waals surface area contributed by atoms with Gasteiger partial charge in [0.2, 0.25) is 0 Å². The highest BCUT2D eigenvalue weighted by molar-refractivity contribution is 7.09. The molecule has 190 valence electrons. The fourth-order valence-electron chi connectivity index (χ4n) is 4.57. The molecule has 0 amide bonds. The SMILES string of the molecule is C/C1=C/C[C@@H](/C(C)=C/c2csc(C)n2)OC(=O)C[C@H](C)C(C)(C)C(=O)[C@H](C)[C@@H](O)[C@@H](C)CCC1. The number of hydrogen-bond acceptors (Lipinski definition) is 6. The van der Waals surface area contributed by atoms with Gasteiger partial charge in [-0.25, -0.2) is 4.98 Å². The molecule has 0 bridgehead atoms. The van der Waals surface area contributed by atoms with Crippen molar-refractivity contribution in [2.45, 2.75) is 99.7 Å². The second kappa shape index (κ2) is 12.3. The van der Waals surface area contributed by atoms with E-state index in [4.69, 9.17) is 4.74 Å². The van der Waals surface area contributed by atoms with E-state index in [2.05, 4.69) is 18.0 Å². The van der Waals surface area contributed by atoms with Gasteiger partial charge in [0, 0.05) is 29.6 Å². The van der Waals surface area contributed by atoms with Crippen LogP contribution in [-0.4, -0.2) is 34.1 Å². The van der Waals surface area contributed by atoms with E-state index in [1.54, 1.807) is 11.3 Å².